The van der Waals surface area contributed by atoms with Crippen LogP contribution in [0.2, 0.25) is 0 Å². The van der Waals surface area contributed by atoms with Gasteiger partial charge in [-0.05, 0) is 63.9 Å². The minimum atomic E-state index is 0. The maximum absolute atomic E-state index is 5.65. The molecule has 1 aromatic rings. The number of hydrogen-bond donors (Lipinski definition) is 2. The van der Waals surface area contributed by atoms with E-state index < -0.39 is 0 Å². The zero-order chi connectivity index (χ0) is 18.8. The number of rotatable bonds is 9. The lowest BCUT2D eigenvalue weighted by Crippen LogP contribution is -2.44. The Kier molecular flexibility index (Phi) is 11.5. The molecule has 0 aromatic heterocycles. The van der Waals surface area contributed by atoms with Crippen molar-refractivity contribution in [1.29, 1.82) is 0 Å². The molecule has 0 bridgehead atoms. The van der Waals surface area contributed by atoms with Crippen LogP contribution in [0.4, 0.5) is 0 Å². The number of nitrogens with zero attached hydrogens (tertiary/aromatic N) is 2. The molecule has 0 amide bonds. The highest BCUT2D eigenvalue weighted by molar-refractivity contribution is 14.0. The molecule has 154 valence electrons. The molecule has 0 aliphatic carbocycles. The third-order valence-electron chi connectivity index (χ3n) is 4.86. The average molecular weight is 490 g/mol. The van der Waals surface area contributed by atoms with Gasteiger partial charge in [-0.2, -0.15) is 0 Å². The SMILES string of the molecule is CCOc1cc(CCCNC(=NC)NCC2CCCN2C)ccc1OC.I. The molecule has 1 aliphatic rings. The van der Waals surface area contributed by atoms with E-state index in [1.54, 1.807) is 7.11 Å². The lowest BCUT2D eigenvalue weighted by molar-refractivity contribution is 0.309. The molecule has 1 heterocycles. The number of likely N-dealkylation sites (N-methyl/N-ethyl adjacent to an activating group) is 1. The number of methoxy groups -OCH3 is 1. The van der Waals surface area contributed by atoms with E-state index in [0.29, 0.717) is 12.6 Å². The van der Waals surface area contributed by atoms with E-state index in [2.05, 4.69) is 39.7 Å². The summed E-state index contributed by atoms with van der Waals surface area (Å²) in [7, 11) is 5.69. The minimum absolute atomic E-state index is 0. The van der Waals surface area contributed by atoms with E-state index in [0.717, 1.165) is 43.4 Å². The van der Waals surface area contributed by atoms with Crippen molar-refractivity contribution in [1.82, 2.24) is 15.5 Å². The highest BCUT2D eigenvalue weighted by atomic mass is 127. The first-order valence-corrected chi connectivity index (χ1v) is 9.62. The van der Waals surface area contributed by atoms with E-state index >= 15 is 0 Å². The summed E-state index contributed by atoms with van der Waals surface area (Å²) in [6.45, 7) is 5.66. The van der Waals surface area contributed by atoms with Gasteiger partial charge < -0.3 is 25.0 Å². The zero-order valence-corrected chi connectivity index (χ0v) is 19.4. The number of ether oxygens (including phenoxy) is 2. The van der Waals surface area contributed by atoms with Gasteiger partial charge in [-0.25, -0.2) is 0 Å². The van der Waals surface area contributed by atoms with E-state index in [9.17, 15) is 0 Å². The predicted molar refractivity (Wildman–Crippen MR) is 123 cm³/mol. The van der Waals surface area contributed by atoms with E-state index in [-0.39, 0.29) is 24.0 Å². The first-order chi connectivity index (χ1) is 12.7. The van der Waals surface area contributed by atoms with Gasteiger partial charge in [0.05, 0.1) is 13.7 Å². The average Bonchev–Trinajstić information content (AvgIpc) is 3.06. The Balaban J connectivity index is 0.00000364. The summed E-state index contributed by atoms with van der Waals surface area (Å²) in [5, 5.41) is 6.85. The van der Waals surface area contributed by atoms with Gasteiger partial charge in [-0.3, -0.25) is 4.99 Å². The van der Waals surface area contributed by atoms with Gasteiger partial charge in [0.1, 0.15) is 0 Å². The van der Waals surface area contributed by atoms with Crippen LogP contribution in [-0.2, 0) is 6.42 Å². The van der Waals surface area contributed by atoms with Gasteiger partial charge >= 0.3 is 0 Å². The molecule has 7 heteroatoms. The third-order valence-corrected chi connectivity index (χ3v) is 4.86. The summed E-state index contributed by atoms with van der Waals surface area (Å²) in [4.78, 5) is 6.74. The van der Waals surface area contributed by atoms with Gasteiger partial charge in [-0.1, -0.05) is 6.07 Å². The van der Waals surface area contributed by atoms with Gasteiger partial charge in [0.15, 0.2) is 17.5 Å². The Labute approximate surface area is 181 Å². The first kappa shape index (κ1) is 23.8. The maximum atomic E-state index is 5.65. The Bertz CT molecular complexity index is 583. The molecule has 2 N–H and O–H groups in total. The second-order valence-corrected chi connectivity index (χ2v) is 6.68. The molecule has 0 radical (unpaired) electrons. The quantitative estimate of drug-likeness (QED) is 0.241. The van der Waals surface area contributed by atoms with Crippen molar-refractivity contribution in [3.63, 3.8) is 0 Å². The normalized spacial score (nSPS) is 17.3. The Hall–Kier alpha value is -1.22. The number of nitrogens with one attached hydrogen (secondary N) is 2. The third kappa shape index (κ3) is 7.73. The number of aryl methyl sites for hydroxylation is 1. The van der Waals surface area contributed by atoms with Gasteiger partial charge in [0.2, 0.25) is 0 Å². The van der Waals surface area contributed by atoms with Crippen LogP contribution < -0.4 is 20.1 Å². The maximum Gasteiger partial charge on any atom is 0.191 e. The highest BCUT2D eigenvalue weighted by Gasteiger charge is 2.20. The number of aliphatic imine (C=N–C) groups is 1. The van der Waals surface area contributed by atoms with Crippen LogP contribution in [0.5, 0.6) is 11.5 Å². The molecule has 27 heavy (non-hydrogen) atoms. The van der Waals surface area contributed by atoms with E-state index in [4.69, 9.17) is 9.47 Å². The van der Waals surface area contributed by atoms with Gasteiger partial charge in [0, 0.05) is 26.2 Å². The Morgan fingerprint density at radius 1 is 1.30 bits per heavy atom. The van der Waals surface area contributed by atoms with Crippen LogP contribution in [0.15, 0.2) is 23.2 Å². The van der Waals surface area contributed by atoms with Gasteiger partial charge in [-0.15, -0.1) is 24.0 Å². The molecule has 1 aromatic carbocycles. The lowest BCUT2D eigenvalue weighted by Gasteiger charge is -2.21. The van der Waals surface area contributed by atoms with Crippen LogP contribution in [0.25, 0.3) is 0 Å². The number of halogens is 1. The van der Waals surface area contributed by atoms with E-state index in [1.807, 2.05) is 20.0 Å². The molecule has 6 nitrogen and oxygen atoms in total. The summed E-state index contributed by atoms with van der Waals surface area (Å²) in [5.74, 6) is 2.49. The molecule has 1 atom stereocenters. The predicted octanol–water partition coefficient (Wildman–Crippen LogP) is 2.90. The number of benzene rings is 1. The van der Waals surface area contributed by atoms with E-state index in [1.165, 1.54) is 24.9 Å². The van der Waals surface area contributed by atoms with Crippen LogP contribution >= 0.6 is 24.0 Å². The second-order valence-electron chi connectivity index (χ2n) is 6.68. The topological polar surface area (TPSA) is 58.1 Å². The van der Waals surface area contributed by atoms with Crippen molar-refractivity contribution >= 4 is 29.9 Å². The summed E-state index contributed by atoms with van der Waals surface area (Å²) < 4.78 is 11.0. The van der Waals surface area contributed by atoms with Crippen molar-refractivity contribution < 1.29 is 9.47 Å². The number of hydrogen-bond acceptors (Lipinski definition) is 4. The molecular weight excluding hydrogens is 455 g/mol. The summed E-state index contributed by atoms with van der Waals surface area (Å²) in [6.07, 6.45) is 4.57. The van der Waals surface area contributed by atoms with Crippen molar-refractivity contribution in [3.05, 3.63) is 23.8 Å². The smallest absolute Gasteiger partial charge is 0.191 e. The highest BCUT2D eigenvalue weighted by Crippen LogP contribution is 2.28. The van der Waals surface area contributed by atoms with Crippen LogP contribution in [0, 0.1) is 0 Å². The Morgan fingerprint density at radius 3 is 2.74 bits per heavy atom. The number of guanidine groups is 1. The first-order valence-electron chi connectivity index (χ1n) is 9.62. The molecule has 1 unspecified atom stereocenters. The lowest BCUT2D eigenvalue weighted by atomic mass is 10.1. The van der Waals surface area contributed by atoms with Crippen molar-refractivity contribution in [3.8, 4) is 11.5 Å². The van der Waals surface area contributed by atoms with Crippen molar-refractivity contribution in [2.75, 3.05) is 47.4 Å². The van der Waals surface area contributed by atoms with Crippen molar-refractivity contribution in [2.45, 2.75) is 38.6 Å². The van der Waals surface area contributed by atoms with Crippen LogP contribution in [-0.4, -0.2) is 64.3 Å². The fraction of sp³-hybridized carbons (Fsp3) is 0.650. The molecule has 1 saturated heterocycles. The van der Waals surface area contributed by atoms with Gasteiger partial charge in [0.25, 0.3) is 0 Å². The largest absolute Gasteiger partial charge is 0.493 e. The monoisotopic (exact) mass is 490 g/mol. The fourth-order valence-electron chi connectivity index (χ4n) is 3.32. The zero-order valence-electron chi connectivity index (χ0n) is 17.1. The van der Waals surface area contributed by atoms with Crippen molar-refractivity contribution in [2.24, 2.45) is 4.99 Å². The molecule has 1 aliphatic heterocycles. The molecular formula is C20H35IN4O2. The Morgan fingerprint density at radius 2 is 2.11 bits per heavy atom. The standard InChI is InChI=1S/C20H34N4O2.HI/c1-5-26-19-14-16(10-11-18(19)25-4)8-6-12-22-20(21-2)23-15-17-9-7-13-24(17)3;/h10-11,14,17H,5-9,12-13,15H2,1-4H3,(H2,21,22,23);1H. The summed E-state index contributed by atoms with van der Waals surface area (Å²) in [5.41, 5.74) is 1.26. The fourth-order valence-corrected chi connectivity index (χ4v) is 3.32. The number of likely N-dealkylation sites (tertiary alicyclic amines) is 1. The molecule has 0 spiro atoms. The summed E-state index contributed by atoms with van der Waals surface area (Å²) >= 11 is 0. The van der Waals surface area contributed by atoms with Crippen LogP contribution in [0.3, 0.4) is 0 Å². The van der Waals surface area contributed by atoms with Crippen LogP contribution in [0.1, 0.15) is 31.7 Å². The molecule has 1 fully saturated rings. The summed E-state index contributed by atoms with van der Waals surface area (Å²) in [6, 6.07) is 6.77. The second kappa shape index (κ2) is 13.0. The molecule has 2 rings (SSSR count). The minimum Gasteiger partial charge on any atom is -0.493 e. The molecule has 0 saturated carbocycles.